The quantitative estimate of drug-likeness (QED) is 0.626. The molecule has 6 nitrogen and oxygen atoms in total. The normalized spacial score (nSPS) is 14.5. The fraction of sp³-hybridized carbons (Fsp3) is 0.400. The standard InChI is InChI=1S/C15H18N4O2/c1-12-3-2-4-13(11-12)18-7-9-19(10-8-18)15(21)14(20)17-6-5-16/h2-4,11H,6-10H2,1H3,(H,17,20). The maximum Gasteiger partial charge on any atom is 0.312 e. The van der Waals surface area contributed by atoms with Crippen LogP contribution in [0.3, 0.4) is 0 Å². The van der Waals surface area contributed by atoms with Gasteiger partial charge in [0.25, 0.3) is 0 Å². The van der Waals surface area contributed by atoms with Crippen molar-refractivity contribution >= 4 is 17.5 Å². The summed E-state index contributed by atoms with van der Waals surface area (Å²) in [6.45, 7) is 4.30. The molecule has 6 heteroatoms. The topological polar surface area (TPSA) is 76.4 Å². The predicted octanol–water partition coefficient (Wildman–Crippen LogP) is 0.283. The Labute approximate surface area is 123 Å². The lowest BCUT2D eigenvalue weighted by atomic mass is 10.2. The van der Waals surface area contributed by atoms with Crippen LogP contribution in [-0.4, -0.2) is 49.4 Å². The highest BCUT2D eigenvalue weighted by Gasteiger charge is 2.25. The molecule has 0 spiro atoms. The Balaban J connectivity index is 1.90. The van der Waals surface area contributed by atoms with E-state index >= 15 is 0 Å². The summed E-state index contributed by atoms with van der Waals surface area (Å²) in [6, 6.07) is 9.99. The zero-order chi connectivity index (χ0) is 15.2. The SMILES string of the molecule is Cc1cccc(N2CCN(C(=O)C(=O)NCC#N)CC2)c1. The molecule has 1 aliphatic rings. The summed E-state index contributed by atoms with van der Waals surface area (Å²) in [5, 5.41) is 10.7. The number of benzene rings is 1. The monoisotopic (exact) mass is 286 g/mol. The second kappa shape index (κ2) is 6.75. The first-order chi connectivity index (χ1) is 10.1. The van der Waals surface area contributed by atoms with Crippen molar-refractivity contribution in [1.29, 1.82) is 5.26 Å². The van der Waals surface area contributed by atoms with Crippen molar-refractivity contribution in [1.82, 2.24) is 10.2 Å². The molecule has 0 aromatic heterocycles. The summed E-state index contributed by atoms with van der Waals surface area (Å²) in [5.74, 6) is -1.27. The molecule has 1 N–H and O–H groups in total. The molecule has 1 heterocycles. The van der Waals surface area contributed by atoms with Gasteiger partial charge in [0.1, 0.15) is 6.54 Å². The summed E-state index contributed by atoms with van der Waals surface area (Å²) < 4.78 is 0. The first kappa shape index (κ1) is 14.9. The van der Waals surface area contributed by atoms with Crippen molar-refractivity contribution in [2.45, 2.75) is 6.92 Å². The van der Waals surface area contributed by atoms with Gasteiger partial charge in [-0.05, 0) is 24.6 Å². The van der Waals surface area contributed by atoms with Crippen molar-refractivity contribution < 1.29 is 9.59 Å². The Hall–Kier alpha value is -2.55. The number of rotatable bonds is 2. The van der Waals surface area contributed by atoms with Gasteiger partial charge >= 0.3 is 11.8 Å². The molecule has 1 aliphatic heterocycles. The van der Waals surface area contributed by atoms with Crippen LogP contribution in [0.5, 0.6) is 0 Å². The van der Waals surface area contributed by atoms with Crippen LogP contribution in [0.4, 0.5) is 5.69 Å². The van der Waals surface area contributed by atoms with Crippen LogP contribution in [0.25, 0.3) is 0 Å². The number of hydrogen-bond acceptors (Lipinski definition) is 4. The summed E-state index contributed by atoms with van der Waals surface area (Å²) in [6.07, 6.45) is 0. The van der Waals surface area contributed by atoms with Crippen LogP contribution in [0.1, 0.15) is 5.56 Å². The highest BCUT2D eigenvalue weighted by molar-refractivity contribution is 6.35. The van der Waals surface area contributed by atoms with Gasteiger partial charge < -0.3 is 15.1 Å². The van der Waals surface area contributed by atoms with Crippen LogP contribution in [0.2, 0.25) is 0 Å². The van der Waals surface area contributed by atoms with Crippen LogP contribution in [-0.2, 0) is 9.59 Å². The molecular formula is C15H18N4O2. The van der Waals surface area contributed by atoms with Gasteiger partial charge in [0.2, 0.25) is 0 Å². The molecule has 0 atom stereocenters. The fourth-order valence-corrected chi connectivity index (χ4v) is 2.33. The lowest BCUT2D eigenvalue weighted by Crippen LogP contribution is -2.52. The maximum absolute atomic E-state index is 11.9. The molecule has 0 aliphatic carbocycles. The Kier molecular flexibility index (Phi) is 4.77. The lowest BCUT2D eigenvalue weighted by molar-refractivity contribution is -0.145. The van der Waals surface area contributed by atoms with E-state index in [0.29, 0.717) is 26.2 Å². The van der Waals surface area contributed by atoms with Crippen LogP contribution in [0, 0.1) is 18.3 Å². The zero-order valence-corrected chi connectivity index (χ0v) is 12.0. The number of carbonyl (C=O) groups is 2. The van der Waals surface area contributed by atoms with Gasteiger partial charge in [-0.25, -0.2) is 0 Å². The predicted molar refractivity (Wildman–Crippen MR) is 78.6 cm³/mol. The van der Waals surface area contributed by atoms with Gasteiger partial charge in [-0.15, -0.1) is 0 Å². The molecule has 1 fully saturated rings. The molecule has 2 amide bonds. The minimum Gasteiger partial charge on any atom is -0.368 e. The lowest BCUT2D eigenvalue weighted by Gasteiger charge is -2.35. The molecule has 0 radical (unpaired) electrons. The van der Waals surface area contributed by atoms with Gasteiger partial charge in [-0.3, -0.25) is 9.59 Å². The smallest absolute Gasteiger partial charge is 0.312 e. The highest BCUT2D eigenvalue weighted by Crippen LogP contribution is 2.17. The third-order valence-electron chi connectivity index (χ3n) is 3.46. The Morgan fingerprint density at radius 3 is 2.62 bits per heavy atom. The van der Waals surface area contributed by atoms with Gasteiger partial charge in [-0.1, -0.05) is 12.1 Å². The summed E-state index contributed by atoms with van der Waals surface area (Å²) in [4.78, 5) is 27.1. The molecule has 0 bridgehead atoms. The molecule has 21 heavy (non-hydrogen) atoms. The number of anilines is 1. The second-order valence-electron chi connectivity index (χ2n) is 4.96. The average Bonchev–Trinajstić information content (AvgIpc) is 2.52. The number of nitrogens with zero attached hydrogens (tertiary/aromatic N) is 3. The molecule has 1 aromatic carbocycles. The minimum absolute atomic E-state index is 0.145. The molecular weight excluding hydrogens is 268 g/mol. The third kappa shape index (κ3) is 3.72. The van der Waals surface area contributed by atoms with Crippen molar-refractivity contribution in [3.63, 3.8) is 0 Å². The molecule has 110 valence electrons. The van der Waals surface area contributed by atoms with Crippen LogP contribution < -0.4 is 10.2 Å². The van der Waals surface area contributed by atoms with Crippen molar-refractivity contribution in [2.75, 3.05) is 37.6 Å². The van der Waals surface area contributed by atoms with E-state index < -0.39 is 11.8 Å². The van der Waals surface area contributed by atoms with Gasteiger partial charge in [0.15, 0.2) is 0 Å². The number of aryl methyl sites for hydroxylation is 1. The van der Waals surface area contributed by atoms with Gasteiger partial charge in [0, 0.05) is 31.9 Å². The molecule has 1 aromatic rings. The molecule has 1 saturated heterocycles. The Morgan fingerprint density at radius 1 is 1.29 bits per heavy atom. The van der Waals surface area contributed by atoms with E-state index in [1.807, 2.05) is 25.1 Å². The minimum atomic E-state index is -0.708. The average molecular weight is 286 g/mol. The first-order valence-electron chi connectivity index (χ1n) is 6.87. The van der Waals surface area contributed by atoms with Crippen LogP contribution in [0.15, 0.2) is 24.3 Å². The van der Waals surface area contributed by atoms with Gasteiger partial charge in [0.05, 0.1) is 6.07 Å². The number of piperazine rings is 1. The van der Waals surface area contributed by atoms with E-state index in [2.05, 4.69) is 16.3 Å². The van der Waals surface area contributed by atoms with Gasteiger partial charge in [-0.2, -0.15) is 5.26 Å². The third-order valence-corrected chi connectivity index (χ3v) is 3.46. The van der Waals surface area contributed by atoms with E-state index in [4.69, 9.17) is 5.26 Å². The van der Waals surface area contributed by atoms with E-state index in [1.165, 1.54) is 10.5 Å². The number of hydrogen-bond donors (Lipinski definition) is 1. The van der Waals surface area contributed by atoms with Crippen molar-refractivity contribution in [2.24, 2.45) is 0 Å². The Bertz CT molecular complexity index is 571. The summed E-state index contributed by atoms with van der Waals surface area (Å²) in [5.41, 5.74) is 2.33. The zero-order valence-electron chi connectivity index (χ0n) is 12.0. The fourth-order valence-electron chi connectivity index (χ4n) is 2.33. The van der Waals surface area contributed by atoms with Crippen molar-refractivity contribution in [3.8, 4) is 6.07 Å². The number of amides is 2. The van der Waals surface area contributed by atoms with E-state index in [-0.39, 0.29) is 6.54 Å². The number of nitriles is 1. The second-order valence-corrected chi connectivity index (χ2v) is 4.96. The maximum atomic E-state index is 11.9. The largest absolute Gasteiger partial charge is 0.368 e. The van der Waals surface area contributed by atoms with Crippen LogP contribution >= 0.6 is 0 Å². The number of nitrogens with one attached hydrogen (secondary N) is 1. The van der Waals surface area contributed by atoms with E-state index in [0.717, 1.165) is 5.69 Å². The molecule has 0 unspecified atom stereocenters. The highest BCUT2D eigenvalue weighted by atomic mass is 16.2. The first-order valence-corrected chi connectivity index (χ1v) is 6.87. The summed E-state index contributed by atoms with van der Waals surface area (Å²) >= 11 is 0. The van der Waals surface area contributed by atoms with Crippen molar-refractivity contribution in [3.05, 3.63) is 29.8 Å². The Morgan fingerprint density at radius 2 is 2.00 bits per heavy atom. The summed E-state index contributed by atoms with van der Waals surface area (Å²) in [7, 11) is 0. The molecule has 0 saturated carbocycles. The molecule has 2 rings (SSSR count). The van der Waals surface area contributed by atoms with E-state index in [1.54, 1.807) is 6.07 Å². The number of carbonyl (C=O) groups excluding carboxylic acids is 2. The van der Waals surface area contributed by atoms with E-state index in [9.17, 15) is 9.59 Å².